The number of nitrogens with one attached hydrogen (secondary N) is 1. The van der Waals surface area contributed by atoms with Gasteiger partial charge in [-0.25, -0.2) is 0 Å². The number of nitrogen functional groups attached to an aromatic ring is 1. The maximum Gasteiger partial charge on any atom is 0.257 e. The van der Waals surface area contributed by atoms with E-state index in [1.807, 2.05) is 32.0 Å². The van der Waals surface area contributed by atoms with Gasteiger partial charge in [-0.3, -0.25) is 4.79 Å². The fourth-order valence-corrected chi connectivity index (χ4v) is 2.58. The van der Waals surface area contributed by atoms with Crippen LogP contribution in [-0.4, -0.2) is 5.91 Å². The molecular weight excluding hydrogens is 307 g/mol. The fraction of sp³-hybridized carbons (Fsp3) is 0.188. The molecule has 0 saturated carbocycles. The van der Waals surface area contributed by atoms with Crippen molar-refractivity contribution < 1.29 is 4.79 Å². The van der Waals surface area contributed by atoms with Gasteiger partial charge >= 0.3 is 0 Å². The van der Waals surface area contributed by atoms with Gasteiger partial charge in [0.25, 0.3) is 5.91 Å². The van der Waals surface area contributed by atoms with E-state index >= 15 is 0 Å². The smallest absolute Gasteiger partial charge is 0.257 e. The van der Waals surface area contributed by atoms with Crippen LogP contribution in [0.3, 0.4) is 0 Å². The molecule has 0 fully saturated rings. The lowest BCUT2D eigenvalue weighted by Crippen LogP contribution is -2.15. The monoisotopic (exact) mass is 322 g/mol. The third-order valence-corrected chi connectivity index (χ3v) is 4.08. The molecule has 2 aromatic rings. The number of amides is 1. The SMILES string of the molecule is CCc1cccc(C)c1NC(=O)c1cc(N)cc(Cl)c1Cl. The number of nitrogens with two attached hydrogens (primary N) is 1. The maximum atomic E-state index is 12.4. The minimum Gasteiger partial charge on any atom is -0.399 e. The van der Waals surface area contributed by atoms with E-state index in [4.69, 9.17) is 28.9 Å². The first kappa shape index (κ1) is 15.7. The van der Waals surface area contributed by atoms with Crippen molar-refractivity contribution in [3.05, 3.63) is 57.1 Å². The highest BCUT2D eigenvalue weighted by molar-refractivity contribution is 6.44. The topological polar surface area (TPSA) is 55.1 Å². The van der Waals surface area contributed by atoms with E-state index in [1.54, 1.807) is 0 Å². The van der Waals surface area contributed by atoms with Crippen LogP contribution in [0.4, 0.5) is 11.4 Å². The molecule has 0 radical (unpaired) electrons. The number of rotatable bonds is 3. The average molecular weight is 323 g/mol. The van der Waals surface area contributed by atoms with Crippen LogP contribution in [0.5, 0.6) is 0 Å². The molecule has 5 heteroatoms. The molecule has 0 aromatic heterocycles. The number of carbonyl (C=O) groups excluding carboxylic acids is 1. The number of benzene rings is 2. The first-order valence-corrected chi connectivity index (χ1v) is 7.34. The van der Waals surface area contributed by atoms with Crippen LogP contribution in [0.25, 0.3) is 0 Å². The summed E-state index contributed by atoms with van der Waals surface area (Å²) in [6.45, 7) is 3.98. The number of hydrogen-bond donors (Lipinski definition) is 2. The molecule has 2 rings (SSSR count). The van der Waals surface area contributed by atoms with Gasteiger partial charge in [-0.15, -0.1) is 0 Å². The Morgan fingerprint density at radius 1 is 1.29 bits per heavy atom. The second-order valence-corrected chi connectivity index (χ2v) is 5.57. The van der Waals surface area contributed by atoms with Crippen LogP contribution in [0.15, 0.2) is 30.3 Å². The molecule has 0 spiro atoms. The molecule has 0 saturated heterocycles. The molecule has 0 unspecified atom stereocenters. The lowest BCUT2D eigenvalue weighted by Gasteiger charge is -2.14. The molecule has 0 heterocycles. The van der Waals surface area contributed by atoms with Crippen LogP contribution in [0.2, 0.25) is 10.0 Å². The predicted octanol–water partition coefficient (Wildman–Crippen LogP) is 4.70. The molecule has 3 N–H and O–H groups in total. The van der Waals surface area contributed by atoms with Crippen molar-refractivity contribution in [2.75, 3.05) is 11.1 Å². The molecule has 21 heavy (non-hydrogen) atoms. The highest BCUT2D eigenvalue weighted by atomic mass is 35.5. The Labute approximate surface area is 134 Å². The predicted molar refractivity (Wildman–Crippen MR) is 89.4 cm³/mol. The lowest BCUT2D eigenvalue weighted by molar-refractivity contribution is 0.102. The summed E-state index contributed by atoms with van der Waals surface area (Å²) >= 11 is 12.1. The van der Waals surface area contributed by atoms with Gasteiger partial charge in [-0.1, -0.05) is 48.3 Å². The fourth-order valence-electron chi connectivity index (χ4n) is 2.16. The summed E-state index contributed by atoms with van der Waals surface area (Å²) in [6, 6.07) is 8.94. The van der Waals surface area contributed by atoms with E-state index in [2.05, 4.69) is 5.32 Å². The number of anilines is 2. The second kappa shape index (κ2) is 6.37. The number of aryl methyl sites for hydroxylation is 2. The zero-order valence-electron chi connectivity index (χ0n) is 11.8. The van der Waals surface area contributed by atoms with Crippen LogP contribution < -0.4 is 11.1 Å². The van der Waals surface area contributed by atoms with Gasteiger partial charge in [0.15, 0.2) is 0 Å². The van der Waals surface area contributed by atoms with Gasteiger partial charge in [-0.05, 0) is 36.6 Å². The minimum absolute atomic E-state index is 0.204. The Bertz CT molecular complexity index is 699. The molecule has 0 bridgehead atoms. The number of para-hydroxylation sites is 1. The van der Waals surface area contributed by atoms with Crippen LogP contribution in [-0.2, 0) is 6.42 Å². The molecule has 2 aromatic carbocycles. The summed E-state index contributed by atoms with van der Waals surface area (Å²) < 4.78 is 0. The standard InChI is InChI=1S/C16H16Cl2N2O/c1-3-10-6-4-5-9(2)15(10)20-16(21)12-7-11(19)8-13(17)14(12)18/h4-8H,3,19H2,1-2H3,(H,20,21). The van der Waals surface area contributed by atoms with Crippen LogP contribution >= 0.6 is 23.2 Å². The summed E-state index contributed by atoms with van der Waals surface area (Å²) in [5, 5.41) is 3.37. The summed E-state index contributed by atoms with van der Waals surface area (Å²) in [4.78, 5) is 12.4. The summed E-state index contributed by atoms with van der Waals surface area (Å²) in [6.07, 6.45) is 0.822. The molecule has 3 nitrogen and oxygen atoms in total. The van der Waals surface area contributed by atoms with Gasteiger partial charge in [-0.2, -0.15) is 0 Å². The van der Waals surface area contributed by atoms with Gasteiger partial charge in [0.2, 0.25) is 0 Å². The summed E-state index contributed by atoms with van der Waals surface area (Å²) in [5.41, 5.74) is 9.25. The largest absolute Gasteiger partial charge is 0.399 e. The summed E-state index contributed by atoms with van der Waals surface area (Å²) in [5.74, 6) is -0.321. The number of carbonyl (C=O) groups is 1. The third-order valence-electron chi connectivity index (χ3n) is 3.27. The lowest BCUT2D eigenvalue weighted by atomic mass is 10.1. The van der Waals surface area contributed by atoms with E-state index in [0.29, 0.717) is 5.69 Å². The zero-order chi connectivity index (χ0) is 15.6. The Morgan fingerprint density at radius 3 is 2.67 bits per heavy atom. The normalized spacial score (nSPS) is 10.5. The highest BCUT2D eigenvalue weighted by Crippen LogP contribution is 2.30. The number of halogens is 2. The minimum atomic E-state index is -0.321. The molecule has 1 amide bonds. The van der Waals surface area contributed by atoms with E-state index in [-0.39, 0.29) is 21.5 Å². The van der Waals surface area contributed by atoms with E-state index < -0.39 is 0 Å². The molecule has 0 atom stereocenters. The first-order valence-electron chi connectivity index (χ1n) is 6.58. The molecule has 0 aliphatic heterocycles. The first-order chi connectivity index (χ1) is 9.93. The highest BCUT2D eigenvalue weighted by Gasteiger charge is 2.16. The Kier molecular flexibility index (Phi) is 4.76. The Balaban J connectivity index is 2.40. The third kappa shape index (κ3) is 3.31. The van der Waals surface area contributed by atoms with Crippen LogP contribution in [0.1, 0.15) is 28.4 Å². The van der Waals surface area contributed by atoms with Crippen molar-refractivity contribution in [2.45, 2.75) is 20.3 Å². The van der Waals surface area contributed by atoms with Crippen molar-refractivity contribution >= 4 is 40.5 Å². The van der Waals surface area contributed by atoms with Gasteiger partial charge in [0, 0.05) is 11.4 Å². The second-order valence-electron chi connectivity index (χ2n) is 4.78. The molecule has 110 valence electrons. The van der Waals surface area contributed by atoms with Gasteiger partial charge < -0.3 is 11.1 Å². The zero-order valence-corrected chi connectivity index (χ0v) is 13.3. The molecular formula is C16H16Cl2N2O. The van der Waals surface area contributed by atoms with Crippen molar-refractivity contribution in [3.63, 3.8) is 0 Å². The van der Waals surface area contributed by atoms with E-state index in [0.717, 1.165) is 23.2 Å². The van der Waals surface area contributed by atoms with E-state index in [9.17, 15) is 4.79 Å². The Morgan fingerprint density at radius 2 is 2.00 bits per heavy atom. The van der Waals surface area contributed by atoms with Crippen molar-refractivity contribution in [1.82, 2.24) is 0 Å². The van der Waals surface area contributed by atoms with Gasteiger partial charge in [0.05, 0.1) is 15.6 Å². The molecule has 0 aliphatic carbocycles. The Hall–Kier alpha value is -1.71. The van der Waals surface area contributed by atoms with Gasteiger partial charge in [0.1, 0.15) is 0 Å². The van der Waals surface area contributed by atoms with Crippen LogP contribution in [0, 0.1) is 6.92 Å². The summed E-state index contributed by atoms with van der Waals surface area (Å²) in [7, 11) is 0. The maximum absolute atomic E-state index is 12.4. The molecule has 0 aliphatic rings. The van der Waals surface area contributed by atoms with Crippen molar-refractivity contribution in [3.8, 4) is 0 Å². The quantitative estimate of drug-likeness (QED) is 0.805. The number of hydrogen-bond acceptors (Lipinski definition) is 2. The average Bonchev–Trinajstić information content (AvgIpc) is 2.44. The van der Waals surface area contributed by atoms with Crippen molar-refractivity contribution in [2.24, 2.45) is 0 Å². The van der Waals surface area contributed by atoms with Crippen molar-refractivity contribution in [1.29, 1.82) is 0 Å². The van der Waals surface area contributed by atoms with E-state index in [1.165, 1.54) is 12.1 Å².